The van der Waals surface area contributed by atoms with Gasteiger partial charge in [-0.3, -0.25) is 0 Å². The minimum Gasteiger partial charge on any atom is -0.490 e. The lowest BCUT2D eigenvalue weighted by Gasteiger charge is -2.13. The van der Waals surface area contributed by atoms with Crippen molar-refractivity contribution in [2.24, 2.45) is 0 Å². The molecule has 3 nitrogen and oxygen atoms in total. The van der Waals surface area contributed by atoms with Crippen LogP contribution in [0.4, 0.5) is 0 Å². The topological polar surface area (TPSA) is 38.7 Å². The summed E-state index contributed by atoms with van der Waals surface area (Å²) in [5.74, 6) is 1.26. The molecule has 0 saturated heterocycles. The minimum atomic E-state index is -0.0621. The number of hydrogen-bond acceptors (Lipinski definition) is 3. The van der Waals surface area contributed by atoms with E-state index in [4.69, 9.17) is 14.6 Å². The van der Waals surface area contributed by atoms with Crippen LogP contribution >= 0.6 is 0 Å². The molecule has 1 N–H and O–H groups in total. The van der Waals surface area contributed by atoms with Crippen molar-refractivity contribution in [2.75, 3.05) is 13.2 Å². The van der Waals surface area contributed by atoms with Gasteiger partial charge in [0.25, 0.3) is 0 Å². The summed E-state index contributed by atoms with van der Waals surface area (Å²) in [5.41, 5.74) is 0.725. The molecule has 82 valence electrons. The maximum absolute atomic E-state index is 9.15. The van der Waals surface area contributed by atoms with E-state index in [0.717, 1.165) is 5.56 Å². The summed E-state index contributed by atoms with van der Waals surface area (Å²) in [4.78, 5) is 0. The van der Waals surface area contributed by atoms with Gasteiger partial charge in [-0.25, -0.2) is 0 Å². The normalized spacial score (nSPS) is 9.73. The van der Waals surface area contributed by atoms with Crippen molar-refractivity contribution in [1.82, 2.24) is 0 Å². The molecule has 0 bridgehead atoms. The van der Waals surface area contributed by atoms with Crippen molar-refractivity contribution in [3.63, 3.8) is 0 Å². The third-order valence-corrected chi connectivity index (χ3v) is 1.88. The predicted molar refractivity (Wildman–Crippen MR) is 59.2 cm³/mol. The molecule has 0 amide bonds. The first-order valence-corrected chi connectivity index (χ1v) is 4.92. The second-order valence-electron chi connectivity index (χ2n) is 2.94. The summed E-state index contributed by atoms with van der Waals surface area (Å²) < 4.78 is 10.9. The molecule has 0 aliphatic rings. The Labute approximate surface area is 90.0 Å². The van der Waals surface area contributed by atoms with Crippen LogP contribution in [-0.2, 0) is 6.61 Å². The number of para-hydroxylation sites is 1. The molecule has 0 heterocycles. The third-order valence-electron chi connectivity index (χ3n) is 1.88. The smallest absolute Gasteiger partial charge is 0.167 e. The van der Waals surface area contributed by atoms with Crippen molar-refractivity contribution in [1.29, 1.82) is 0 Å². The van der Waals surface area contributed by atoms with Gasteiger partial charge in [0.1, 0.15) is 6.61 Å². The number of ether oxygens (including phenoxy) is 2. The van der Waals surface area contributed by atoms with Gasteiger partial charge in [0.05, 0.1) is 13.2 Å². The van der Waals surface area contributed by atoms with E-state index < -0.39 is 0 Å². The van der Waals surface area contributed by atoms with Crippen molar-refractivity contribution < 1.29 is 14.6 Å². The summed E-state index contributed by atoms with van der Waals surface area (Å²) in [6, 6.07) is 5.46. The summed E-state index contributed by atoms with van der Waals surface area (Å²) in [6.45, 7) is 6.39. The Balaban J connectivity index is 2.96. The second-order valence-corrected chi connectivity index (χ2v) is 2.94. The van der Waals surface area contributed by atoms with Gasteiger partial charge < -0.3 is 14.6 Å². The Bertz CT molecular complexity index is 321. The van der Waals surface area contributed by atoms with E-state index in [1.807, 2.05) is 19.1 Å². The van der Waals surface area contributed by atoms with Crippen molar-refractivity contribution in [3.8, 4) is 11.5 Å². The quantitative estimate of drug-likeness (QED) is 0.728. The zero-order valence-corrected chi connectivity index (χ0v) is 8.90. The first kappa shape index (κ1) is 11.6. The van der Waals surface area contributed by atoms with Gasteiger partial charge in [-0.15, -0.1) is 0 Å². The van der Waals surface area contributed by atoms with Crippen LogP contribution in [0.3, 0.4) is 0 Å². The average molecular weight is 208 g/mol. The molecule has 0 fully saturated rings. The lowest BCUT2D eigenvalue weighted by atomic mass is 10.2. The third kappa shape index (κ3) is 2.99. The van der Waals surface area contributed by atoms with Crippen LogP contribution in [0.15, 0.2) is 30.9 Å². The van der Waals surface area contributed by atoms with Crippen molar-refractivity contribution in [2.45, 2.75) is 13.5 Å². The van der Waals surface area contributed by atoms with Gasteiger partial charge in [0.2, 0.25) is 0 Å². The SMILES string of the molecule is C=CCOc1c(CO)cccc1OCC. The highest BCUT2D eigenvalue weighted by atomic mass is 16.5. The van der Waals surface area contributed by atoms with Gasteiger partial charge in [-0.1, -0.05) is 24.8 Å². The Morgan fingerprint density at radius 3 is 2.80 bits per heavy atom. The molecule has 0 unspecified atom stereocenters. The maximum atomic E-state index is 9.15. The predicted octanol–water partition coefficient (Wildman–Crippen LogP) is 2.14. The van der Waals surface area contributed by atoms with Gasteiger partial charge in [0, 0.05) is 5.56 Å². The summed E-state index contributed by atoms with van der Waals surface area (Å²) in [6.07, 6.45) is 1.66. The van der Waals surface area contributed by atoms with Crippen molar-refractivity contribution >= 4 is 0 Å². The van der Waals surface area contributed by atoms with E-state index in [0.29, 0.717) is 24.7 Å². The first-order chi connectivity index (χ1) is 7.33. The molecular formula is C12H16O3. The molecule has 0 aromatic heterocycles. The molecule has 0 aliphatic heterocycles. The van der Waals surface area contributed by atoms with Gasteiger partial charge in [0.15, 0.2) is 11.5 Å². The molecule has 0 spiro atoms. The molecule has 15 heavy (non-hydrogen) atoms. The molecule has 3 heteroatoms. The van der Waals surface area contributed by atoms with E-state index in [9.17, 15) is 0 Å². The highest BCUT2D eigenvalue weighted by Crippen LogP contribution is 2.31. The first-order valence-electron chi connectivity index (χ1n) is 4.92. The second kappa shape index (κ2) is 6.09. The fourth-order valence-corrected chi connectivity index (χ4v) is 1.26. The van der Waals surface area contributed by atoms with E-state index in [2.05, 4.69) is 6.58 Å². The Morgan fingerprint density at radius 2 is 2.20 bits per heavy atom. The Morgan fingerprint density at radius 1 is 1.40 bits per heavy atom. The van der Waals surface area contributed by atoms with E-state index in [1.165, 1.54) is 0 Å². The highest BCUT2D eigenvalue weighted by molar-refractivity contribution is 5.46. The van der Waals surface area contributed by atoms with Gasteiger partial charge >= 0.3 is 0 Å². The van der Waals surface area contributed by atoms with E-state index >= 15 is 0 Å². The molecule has 1 aromatic carbocycles. The Hall–Kier alpha value is -1.48. The summed E-state index contributed by atoms with van der Waals surface area (Å²) >= 11 is 0. The van der Waals surface area contributed by atoms with Crippen LogP contribution in [0, 0.1) is 0 Å². The number of rotatable bonds is 6. The number of benzene rings is 1. The molecule has 0 atom stereocenters. The number of aliphatic hydroxyl groups excluding tert-OH is 1. The summed E-state index contributed by atoms with van der Waals surface area (Å²) in [7, 11) is 0. The van der Waals surface area contributed by atoms with Crippen molar-refractivity contribution in [3.05, 3.63) is 36.4 Å². The molecule has 0 saturated carbocycles. The van der Waals surface area contributed by atoms with Crippen LogP contribution in [0.5, 0.6) is 11.5 Å². The van der Waals surface area contributed by atoms with Crippen LogP contribution in [0.25, 0.3) is 0 Å². The molecule has 0 aliphatic carbocycles. The number of aliphatic hydroxyl groups is 1. The van der Waals surface area contributed by atoms with Gasteiger partial charge in [-0.05, 0) is 13.0 Å². The standard InChI is InChI=1S/C12H16O3/c1-3-8-15-12-10(9-13)6-5-7-11(12)14-4-2/h3,5-7,13H,1,4,8-9H2,2H3. The zero-order valence-electron chi connectivity index (χ0n) is 8.90. The average Bonchev–Trinajstić information content (AvgIpc) is 2.27. The molecular weight excluding hydrogens is 192 g/mol. The summed E-state index contributed by atoms with van der Waals surface area (Å²) in [5, 5.41) is 9.15. The van der Waals surface area contributed by atoms with E-state index in [1.54, 1.807) is 12.1 Å². The van der Waals surface area contributed by atoms with Crippen LogP contribution < -0.4 is 9.47 Å². The van der Waals surface area contributed by atoms with Crippen LogP contribution in [-0.4, -0.2) is 18.3 Å². The van der Waals surface area contributed by atoms with E-state index in [-0.39, 0.29) is 6.61 Å². The van der Waals surface area contributed by atoms with Gasteiger partial charge in [-0.2, -0.15) is 0 Å². The molecule has 1 aromatic rings. The van der Waals surface area contributed by atoms with Crippen LogP contribution in [0.1, 0.15) is 12.5 Å². The zero-order chi connectivity index (χ0) is 11.1. The lowest BCUT2D eigenvalue weighted by molar-refractivity contribution is 0.259. The molecule has 0 radical (unpaired) electrons. The maximum Gasteiger partial charge on any atom is 0.167 e. The fourth-order valence-electron chi connectivity index (χ4n) is 1.26. The monoisotopic (exact) mass is 208 g/mol. The number of hydrogen-bond donors (Lipinski definition) is 1. The highest BCUT2D eigenvalue weighted by Gasteiger charge is 2.09. The van der Waals surface area contributed by atoms with Crippen LogP contribution in [0.2, 0.25) is 0 Å². The molecule has 1 rings (SSSR count). The minimum absolute atomic E-state index is 0.0621. The lowest BCUT2D eigenvalue weighted by Crippen LogP contribution is -2.02. The fraction of sp³-hybridized carbons (Fsp3) is 0.333. The largest absolute Gasteiger partial charge is 0.490 e. The Kier molecular flexibility index (Phi) is 4.71.